The van der Waals surface area contributed by atoms with Gasteiger partial charge in [0.1, 0.15) is 16.7 Å². The molecule has 6 nitrogen and oxygen atoms in total. The normalized spacial score (nSPS) is 15.3. The van der Waals surface area contributed by atoms with Crippen molar-refractivity contribution in [1.29, 1.82) is 0 Å². The number of amides is 1. The van der Waals surface area contributed by atoms with Crippen molar-refractivity contribution in [3.8, 4) is 5.75 Å². The molecule has 1 aliphatic rings. The highest BCUT2D eigenvalue weighted by molar-refractivity contribution is 8.26. The summed E-state index contributed by atoms with van der Waals surface area (Å²) in [6.07, 6.45) is 2.69. The summed E-state index contributed by atoms with van der Waals surface area (Å²) >= 11 is 6.59. The van der Waals surface area contributed by atoms with Crippen molar-refractivity contribution in [2.24, 2.45) is 0 Å². The lowest BCUT2D eigenvalue weighted by molar-refractivity contribution is -0.384. The molecule has 1 aliphatic heterocycles. The minimum Gasteiger partial charge on any atom is -0.489 e. The second kappa shape index (κ2) is 8.99. The number of nitro groups is 1. The Morgan fingerprint density at radius 1 is 1.18 bits per heavy atom. The number of non-ortho nitro benzene ring substituents is 1. The first-order chi connectivity index (χ1) is 13.5. The van der Waals surface area contributed by atoms with E-state index in [4.69, 9.17) is 17.0 Å². The van der Waals surface area contributed by atoms with E-state index in [9.17, 15) is 14.9 Å². The Morgan fingerprint density at radius 3 is 2.46 bits per heavy atom. The molecule has 1 amide bonds. The molecule has 0 aromatic heterocycles. The zero-order valence-electron chi connectivity index (χ0n) is 15.2. The Morgan fingerprint density at radius 2 is 1.86 bits per heavy atom. The van der Waals surface area contributed by atoms with Crippen LogP contribution >= 0.6 is 24.0 Å². The van der Waals surface area contributed by atoms with Crippen molar-refractivity contribution in [2.45, 2.75) is 20.0 Å². The van der Waals surface area contributed by atoms with Crippen LogP contribution in [-0.2, 0) is 11.4 Å². The van der Waals surface area contributed by atoms with Crippen molar-refractivity contribution in [1.82, 2.24) is 4.90 Å². The number of ether oxygens (including phenoxy) is 1. The summed E-state index contributed by atoms with van der Waals surface area (Å²) in [5, 5.41) is 10.7. The van der Waals surface area contributed by atoms with Gasteiger partial charge in [-0.3, -0.25) is 19.8 Å². The first-order valence-corrected chi connectivity index (χ1v) is 9.92. The molecule has 1 heterocycles. The number of nitro benzene ring substituents is 1. The largest absolute Gasteiger partial charge is 0.489 e. The number of hydrogen-bond acceptors (Lipinski definition) is 6. The number of hydrogen-bond donors (Lipinski definition) is 0. The number of benzene rings is 2. The first kappa shape index (κ1) is 20.0. The lowest BCUT2D eigenvalue weighted by atomic mass is 10.2. The summed E-state index contributed by atoms with van der Waals surface area (Å²) in [6.45, 7) is 2.96. The van der Waals surface area contributed by atoms with Gasteiger partial charge in [-0.2, -0.15) is 0 Å². The molecule has 0 N–H and O–H groups in total. The number of thiocarbonyl (C=S) groups is 1. The van der Waals surface area contributed by atoms with Crippen LogP contribution < -0.4 is 4.74 Å². The van der Waals surface area contributed by atoms with Gasteiger partial charge in [0.25, 0.3) is 11.6 Å². The molecule has 8 heteroatoms. The van der Waals surface area contributed by atoms with Gasteiger partial charge in [0.15, 0.2) is 0 Å². The molecule has 0 atom stereocenters. The molecular formula is C20H18N2O4S2. The van der Waals surface area contributed by atoms with E-state index >= 15 is 0 Å². The maximum absolute atomic E-state index is 12.4. The fourth-order valence-electron chi connectivity index (χ4n) is 2.61. The molecule has 2 aromatic carbocycles. The third-order valence-electron chi connectivity index (χ3n) is 4.05. The summed E-state index contributed by atoms with van der Waals surface area (Å²) in [5.74, 6) is 0.629. The van der Waals surface area contributed by atoms with Crippen LogP contribution in [0.15, 0.2) is 53.4 Å². The van der Waals surface area contributed by atoms with E-state index < -0.39 is 4.92 Å². The number of carbonyl (C=O) groups is 1. The maximum Gasteiger partial charge on any atom is 0.269 e. The number of thioether (sulfide) groups is 1. The van der Waals surface area contributed by atoms with Crippen LogP contribution in [0.2, 0.25) is 0 Å². The summed E-state index contributed by atoms with van der Waals surface area (Å²) < 4.78 is 6.31. The van der Waals surface area contributed by atoms with E-state index in [0.717, 1.165) is 17.5 Å². The molecule has 2 aromatic rings. The molecule has 0 radical (unpaired) electrons. The summed E-state index contributed by atoms with van der Waals surface area (Å²) in [6, 6.07) is 13.6. The highest BCUT2D eigenvalue weighted by Gasteiger charge is 2.31. The minimum absolute atomic E-state index is 0.0460. The molecule has 3 rings (SSSR count). The van der Waals surface area contributed by atoms with Gasteiger partial charge in [-0.25, -0.2) is 0 Å². The van der Waals surface area contributed by atoms with Gasteiger partial charge in [-0.15, -0.1) is 0 Å². The van der Waals surface area contributed by atoms with Crippen molar-refractivity contribution < 1.29 is 14.5 Å². The topological polar surface area (TPSA) is 72.7 Å². The van der Waals surface area contributed by atoms with Crippen LogP contribution in [0.25, 0.3) is 6.08 Å². The van der Waals surface area contributed by atoms with E-state index in [1.807, 2.05) is 37.3 Å². The second-order valence-electron chi connectivity index (χ2n) is 6.11. The molecule has 1 fully saturated rings. The Kier molecular flexibility index (Phi) is 6.43. The van der Waals surface area contributed by atoms with E-state index in [2.05, 4.69) is 0 Å². The molecule has 0 spiro atoms. The second-order valence-corrected chi connectivity index (χ2v) is 7.79. The Balaban J connectivity index is 1.61. The summed E-state index contributed by atoms with van der Waals surface area (Å²) in [7, 11) is 0. The number of rotatable bonds is 7. The van der Waals surface area contributed by atoms with Crippen molar-refractivity contribution in [3.05, 3.63) is 74.7 Å². The minimum atomic E-state index is -0.431. The summed E-state index contributed by atoms with van der Waals surface area (Å²) in [4.78, 5) is 24.9. The average Bonchev–Trinajstić information content (AvgIpc) is 2.95. The van der Waals surface area contributed by atoms with Gasteiger partial charge < -0.3 is 4.74 Å². The summed E-state index contributed by atoms with van der Waals surface area (Å²) in [5.41, 5.74) is 1.78. The van der Waals surface area contributed by atoms with Crippen LogP contribution in [-0.4, -0.2) is 26.6 Å². The quantitative estimate of drug-likeness (QED) is 0.281. The van der Waals surface area contributed by atoms with Gasteiger partial charge in [0.05, 0.1) is 9.83 Å². The molecule has 0 unspecified atom stereocenters. The fraction of sp³-hybridized carbons (Fsp3) is 0.200. The van der Waals surface area contributed by atoms with Crippen LogP contribution in [0.5, 0.6) is 5.75 Å². The maximum atomic E-state index is 12.4. The lowest BCUT2D eigenvalue weighted by Crippen LogP contribution is -2.28. The highest BCUT2D eigenvalue weighted by atomic mass is 32.2. The third kappa shape index (κ3) is 4.76. The van der Waals surface area contributed by atoms with Crippen molar-refractivity contribution >= 4 is 46.0 Å². The first-order valence-electron chi connectivity index (χ1n) is 8.69. The van der Waals surface area contributed by atoms with Gasteiger partial charge >= 0.3 is 0 Å². The lowest BCUT2D eigenvalue weighted by Gasteiger charge is -2.11. The zero-order chi connectivity index (χ0) is 20.1. The Hall–Kier alpha value is -2.71. The number of nitrogens with zero attached hydrogens (tertiary/aromatic N) is 2. The van der Waals surface area contributed by atoms with E-state index in [-0.39, 0.29) is 11.6 Å². The van der Waals surface area contributed by atoms with Gasteiger partial charge in [0, 0.05) is 18.7 Å². The molecule has 1 saturated heterocycles. The molecule has 28 heavy (non-hydrogen) atoms. The fourth-order valence-corrected chi connectivity index (χ4v) is 3.92. The van der Waals surface area contributed by atoms with Gasteiger partial charge in [-0.1, -0.05) is 43.0 Å². The smallest absolute Gasteiger partial charge is 0.269 e. The van der Waals surface area contributed by atoms with Crippen LogP contribution in [0.3, 0.4) is 0 Å². The highest BCUT2D eigenvalue weighted by Crippen LogP contribution is 2.32. The molecule has 0 aliphatic carbocycles. The van der Waals surface area contributed by atoms with E-state index in [1.165, 1.54) is 23.9 Å². The monoisotopic (exact) mass is 414 g/mol. The van der Waals surface area contributed by atoms with E-state index in [0.29, 0.717) is 28.1 Å². The molecule has 0 saturated carbocycles. The van der Waals surface area contributed by atoms with Crippen LogP contribution in [0.4, 0.5) is 5.69 Å². The van der Waals surface area contributed by atoms with Gasteiger partial charge in [0.2, 0.25) is 0 Å². The molecule has 144 valence electrons. The SMILES string of the molecule is CCCN1C(=O)/C(=C/c2ccc(OCc3ccc([N+](=O)[O-])cc3)cc2)SC1=S. The predicted molar refractivity (Wildman–Crippen MR) is 114 cm³/mol. The Bertz CT molecular complexity index is 924. The average molecular weight is 415 g/mol. The van der Waals surface area contributed by atoms with E-state index in [1.54, 1.807) is 17.0 Å². The predicted octanol–water partition coefficient (Wildman–Crippen LogP) is 4.79. The van der Waals surface area contributed by atoms with Crippen LogP contribution in [0.1, 0.15) is 24.5 Å². The molecule has 0 bridgehead atoms. The third-order valence-corrected chi connectivity index (χ3v) is 5.43. The Labute approximate surface area is 172 Å². The standard InChI is InChI=1S/C20H18N2O4S2/c1-2-11-21-19(23)18(28-20(21)27)12-14-5-9-17(10-6-14)26-13-15-3-7-16(8-4-15)22(24)25/h3-10,12H,2,11,13H2,1H3/b18-12-. The zero-order valence-corrected chi connectivity index (χ0v) is 16.8. The number of carbonyl (C=O) groups excluding carboxylic acids is 1. The van der Waals surface area contributed by atoms with Crippen molar-refractivity contribution in [2.75, 3.05) is 6.54 Å². The van der Waals surface area contributed by atoms with Gasteiger partial charge in [-0.05, 0) is 47.9 Å². The molecular weight excluding hydrogens is 396 g/mol. The van der Waals surface area contributed by atoms with Crippen molar-refractivity contribution in [3.63, 3.8) is 0 Å². The van der Waals surface area contributed by atoms with Crippen LogP contribution in [0, 0.1) is 10.1 Å².